The summed E-state index contributed by atoms with van der Waals surface area (Å²) < 4.78 is 19.4. The molecule has 0 heterocycles. The van der Waals surface area contributed by atoms with Crippen LogP contribution in [0.15, 0.2) is 0 Å². The summed E-state index contributed by atoms with van der Waals surface area (Å²) in [6.45, 7) is 6.29. The van der Waals surface area contributed by atoms with Gasteiger partial charge in [-0.2, -0.15) is 0 Å². The number of amides is 4. The molecule has 0 saturated heterocycles. The Morgan fingerprint density at radius 1 is 0.441 bits per heavy atom. The highest BCUT2D eigenvalue weighted by atomic mass is 16.6. The van der Waals surface area contributed by atoms with Crippen LogP contribution in [0.5, 0.6) is 0 Å². The van der Waals surface area contributed by atoms with E-state index in [1.807, 2.05) is 0 Å². The minimum atomic E-state index is -0.551. The van der Waals surface area contributed by atoms with Gasteiger partial charge in [0.05, 0.1) is 13.2 Å². The van der Waals surface area contributed by atoms with E-state index in [0.717, 1.165) is 51.4 Å². The summed E-state index contributed by atoms with van der Waals surface area (Å²) in [6.07, 6.45) is 5.08. The molecule has 0 aliphatic heterocycles. The zero-order chi connectivity index (χ0) is 25.3. The molecule has 0 unspecified atom stereocenters. The van der Waals surface area contributed by atoms with Crippen LogP contribution in [0.1, 0.15) is 65.2 Å². The number of rotatable bonds is 19. The third kappa shape index (κ3) is 22.3. The zero-order valence-electron chi connectivity index (χ0n) is 20.6. The Morgan fingerprint density at radius 2 is 0.706 bits per heavy atom. The van der Waals surface area contributed by atoms with Crippen LogP contribution in [0.25, 0.3) is 0 Å². The van der Waals surface area contributed by atoms with Gasteiger partial charge in [-0.3, -0.25) is 0 Å². The predicted molar refractivity (Wildman–Crippen MR) is 126 cm³/mol. The van der Waals surface area contributed by atoms with Crippen LogP contribution in [0, 0.1) is 0 Å². The zero-order valence-corrected chi connectivity index (χ0v) is 20.6. The Morgan fingerprint density at radius 3 is 0.971 bits per heavy atom. The number of carbonyl (C=O) groups is 4. The van der Waals surface area contributed by atoms with E-state index < -0.39 is 24.4 Å². The van der Waals surface area contributed by atoms with Crippen molar-refractivity contribution in [1.82, 2.24) is 21.3 Å². The van der Waals surface area contributed by atoms with E-state index in [2.05, 4.69) is 21.3 Å². The summed E-state index contributed by atoms with van der Waals surface area (Å²) in [6, 6.07) is 0. The molecule has 0 aromatic heterocycles. The smallest absolute Gasteiger partial charge is 0.407 e. The third-order valence-corrected chi connectivity index (χ3v) is 4.38. The number of ether oxygens (including phenoxy) is 4. The van der Waals surface area contributed by atoms with Gasteiger partial charge in [0.25, 0.3) is 0 Å². The van der Waals surface area contributed by atoms with E-state index in [0.29, 0.717) is 39.4 Å². The molecule has 0 aliphatic rings. The second kappa shape index (κ2) is 23.2. The molecule has 0 bridgehead atoms. The van der Waals surface area contributed by atoms with Gasteiger partial charge in [-0.1, -0.05) is 25.7 Å². The fourth-order valence-electron chi connectivity index (χ4n) is 2.70. The van der Waals surface area contributed by atoms with Crippen LogP contribution >= 0.6 is 0 Å². The number of carbonyl (C=O) groups excluding carboxylic acids is 4. The van der Waals surface area contributed by atoms with Crippen molar-refractivity contribution in [3.63, 3.8) is 0 Å². The standard InChI is InChI=1S/C22H42N4O8/c1-3-31-19(27)23-13-9-5-7-11-15-25-21(29)33-17-18-34-22(30)26-16-12-8-6-10-14-24-20(28)32-4-2/h3-18H2,1-2H3,(H,23,27)(H,24,28)(H,25,29)(H,26,30). The van der Waals surface area contributed by atoms with Gasteiger partial charge in [0, 0.05) is 26.2 Å². The average Bonchev–Trinajstić information content (AvgIpc) is 2.80. The summed E-state index contributed by atoms with van der Waals surface area (Å²) in [4.78, 5) is 45.3. The minimum Gasteiger partial charge on any atom is -0.450 e. The molecule has 4 N–H and O–H groups in total. The lowest BCUT2D eigenvalue weighted by atomic mass is 10.2. The summed E-state index contributed by atoms with van der Waals surface area (Å²) in [7, 11) is 0. The predicted octanol–water partition coefficient (Wildman–Crippen LogP) is 3.05. The maximum absolute atomic E-state index is 11.6. The van der Waals surface area contributed by atoms with E-state index in [4.69, 9.17) is 18.9 Å². The lowest BCUT2D eigenvalue weighted by molar-refractivity contribution is 0.0956. The first kappa shape index (κ1) is 31.1. The first-order valence-corrected chi connectivity index (χ1v) is 12.1. The molecular weight excluding hydrogens is 448 g/mol. The van der Waals surface area contributed by atoms with E-state index in [1.165, 1.54) is 0 Å². The highest BCUT2D eigenvalue weighted by molar-refractivity contribution is 5.68. The first-order valence-electron chi connectivity index (χ1n) is 12.1. The van der Waals surface area contributed by atoms with Crippen molar-refractivity contribution in [3.8, 4) is 0 Å². The fourth-order valence-corrected chi connectivity index (χ4v) is 2.70. The quantitative estimate of drug-likeness (QED) is 0.159. The van der Waals surface area contributed by atoms with Crippen molar-refractivity contribution < 1.29 is 38.1 Å². The molecule has 0 saturated carbocycles. The Kier molecular flexibility index (Phi) is 21.2. The van der Waals surface area contributed by atoms with Gasteiger partial charge in [-0.25, -0.2) is 19.2 Å². The Hall–Kier alpha value is -2.92. The minimum absolute atomic E-state index is 0.0216. The SMILES string of the molecule is CCOC(=O)NCCCCCCNC(=O)OCCOC(=O)NCCCCCCNC(=O)OCC. The largest absolute Gasteiger partial charge is 0.450 e. The maximum Gasteiger partial charge on any atom is 0.407 e. The maximum atomic E-state index is 11.6. The molecule has 12 heteroatoms. The highest BCUT2D eigenvalue weighted by Gasteiger charge is 2.05. The van der Waals surface area contributed by atoms with Crippen LogP contribution in [0.3, 0.4) is 0 Å². The van der Waals surface area contributed by atoms with Gasteiger partial charge in [-0.05, 0) is 39.5 Å². The van der Waals surface area contributed by atoms with Gasteiger partial charge >= 0.3 is 24.4 Å². The van der Waals surface area contributed by atoms with Crippen LogP contribution < -0.4 is 21.3 Å². The van der Waals surface area contributed by atoms with Crippen molar-refractivity contribution in [3.05, 3.63) is 0 Å². The lowest BCUT2D eigenvalue weighted by Crippen LogP contribution is -2.29. The van der Waals surface area contributed by atoms with Crippen molar-refractivity contribution in [1.29, 1.82) is 0 Å². The summed E-state index contributed by atoms with van der Waals surface area (Å²) >= 11 is 0. The number of unbranched alkanes of at least 4 members (excludes halogenated alkanes) is 6. The number of hydrogen-bond acceptors (Lipinski definition) is 8. The topological polar surface area (TPSA) is 153 Å². The number of nitrogens with one attached hydrogen (secondary N) is 4. The van der Waals surface area contributed by atoms with Crippen molar-refractivity contribution in [2.45, 2.75) is 65.2 Å². The first-order chi connectivity index (χ1) is 16.5. The fraction of sp³-hybridized carbons (Fsp3) is 0.818. The molecule has 0 aromatic carbocycles. The number of alkyl carbamates (subject to hydrolysis) is 4. The van der Waals surface area contributed by atoms with Crippen LogP contribution in [0.4, 0.5) is 19.2 Å². The molecule has 12 nitrogen and oxygen atoms in total. The lowest BCUT2D eigenvalue weighted by Gasteiger charge is -2.09. The molecule has 0 atom stereocenters. The average molecular weight is 491 g/mol. The molecule has 0 fully saturated rings. The van der Waals surface area contributed by atoms with Crippen LogP contribution in [-0.4, -0.2) is 77.0 Å². The molecule has 0 aliphatic carbocycles. The Labute approximate surface area is 202 Å². The normalized spacial score (nSPS) is 10.1. The van der Waals surface area contributed by atoms with Gasteiger partial charge in [0.15, 0.2) is 0 Å². The molecule has 34 heavy (non-hydrogen) atoms. The van der Waals surface area contributed by atoms with E-state index in [1.54, 1.807) is 13.8 Å². The summed E-state index contributed by atoms with van der Waals surface area (Å²) in [5.41, 5.74) is 0. The van der Waals surface area contributed by atoms with Crippen LogP contribution in [0.2, 0.25) is 0 Å². The van der Waals surface area contributed by atoms with Gasteiger partial charge in [0.1, 0.15) is 13.2 Å². The van der Waals surface area contributed by atoms with Gasteiger partial charge < -0.3 is 40.2 Å². The van der Waals surface area contributed by atoms with Crippen molar-refractivity contribution in [2.75, 3.05) is 52.6 Å². The highest BCUT2D eigenvalue weighted by Crippen LogP contribution is 1.99. The van der Waals surface area contributed by atoms with E-state index in [9.17, 15) is 19.2 Å². The molecule has 0 aromatic rings. The molecule has 0 radical (unpaired) electrons. The second-order valence-corrected chi connectivity index (χ2v) is 7.25. The Bertz CT molecular complexity index is 515. The van der Waals surface area contributed by atoms with Crippen molar-refractivity contribution >= 4 is 24.4 Å². The van der Waals surface area contributed by atoms with Crippen LogP contribution in [-0.2, 0) is 18.9 Å². The summed E-state index contributed by atoms with van der Waals surface area (Å²) in [5, 5.41) is 10.6. The van der Waals surface area contributed by atoms with Crippen molar-refractivity contribution in [2.24, 2.45) is 0 Å². The van der Waals surface area contributed by atoms with E-state index in [-0.39, 0.29) is 13.2 Å². The second-order valence-electron chi connectivity index (χ2n) is 7.25. The third-order valence-electron chi connectivity index (χ3n) is 4.38. The van der Waals surface area contributed by atoms with Gasteiger partial charge in [-0.15, -0.1) is 0 Å². The number of hydrogen-bond donors (Lipinski definition) is 4. The summed E-state index contributed by atoms with van der Waals surface area (Å²) in [5.74, 6) is 0. The molecule has 198 valence electrons. The molecule has 4 amide bonds. The monoisotopic (exact) mass is 490 g/mol. The van der Waals surface area contributed by atoms with Gasteiger partial charge in [0.2, 0.25) is 0 Å². The molecule has 0 rings (SSSR count). The molecule has 0 spiro atoms. The molecular formula is C22H42N4O8. The van der Waals surface area contributed by atoms with E-state index >= 15 is 0 Å². The Balaban J connectivity index is 3.38.